The van der Waals surface area contributed by atoms with Crippen LogP contribution in [0, 0.1) is 18.3 Å². The van der Waals surface area contributed by atoms with E-state index in [0.29, 0.717) is 5.25 Å². The molecule has 1 N–H and O–H groups in total. The first kappa shape index (κ1) is 15.4. The lowest BCUT2D eigenvalue weighted by molar-refractivity contribution is 0.424. The van der Waals surface area contributed by atoms with Crippen molar-refractivity contribution in [3.05, 3.63) is 35.4 Å². The summed E-state index contributed by atoms with van der Waals surface area (Å²) >= 11 is 2.01. The van der Waals surface area contributed by atoms with E-state index in [2.05, 4.69) is 49.5 Å². The van der Waals surface area contributed by atoms with E-state index in [9.17, 15) is 5.26 Å². The second-order valence-corrected chi connectivity index (χ2v) is 7.07. The molecule has 20 heavy (non-hydrogen) atoms. The molecular formula is C17H24N2S. The average molecular weight is 288 g/mol. The molecule has 0 bridgehead atoms. The Kier molecular flexibility index (Phi) is 5.51. The molecular weight excluding hydrogens is 264 g/mol. The number of nitriles is 1. The van der Waals surface area contributed by atoms with Crippen molar-refractivity contribution in [2.45, 2.75) is 56.1 Å². The molecule has 2 atom stereocenters. The van der Waals surface area contributed by atoms with Crippen LogP contribution in [0.4, 0.5) is 0 Å². The van der Waals surface area contributed by atoms with Gasteiger partial charge in [-0.3, -0.25) is 5.32 Å². The molecule has 1 saturated carbocycles. The first-order chi connectivity index (χ1) is 9.67. The van der Waals surface area contributed by atoms with Gasteiger partial charge in [-0.25, -0.2) is 0 Å². The van der Waals surface area contributed by atoms with Crippen LogP contribution < -0.4 is 5.32 Å². The third kappa shape index (κ3) is 4.01. The number of hydrogen-bond donors (Lipinski definition) is 1. The molecule has 3 heteroatoms. The van der Waals surface area contributed by atoms with Crippen molar-refractivity contribution >= 4 is 11.8 Å². The monoisotopic (exact) mass is 288 g/mol. The number of aryl methyl sites for hydroxylation is 1. The zero-order valence-electron chi connectivity index (χ0n) is 12.5. The predicted octanol–water partition coefficient (Wildman–Crippen LogP) is 4.04. The molecule has 1 aromatic rings. The van der Waals surface area contributed by atoms with E-state index in [4.69, 9.17) is 0 Å². The topological polar surface area (TPSA) is 35.8 Å². The highest BCUT2D eigenvalue weighted by molar-refractivity contribution is 7.99. The Morgan fingerprint density at radius 2 is 2.35 bits per heavy atom. The van der Waals surface area contributed by atoms with Gasteiger partial charge in [0, 0.05) is 11.0 Å². The van der Waals surface area contributed by atoms with Crippen LogP contribution in [0.25, 0.3) is 0 Å². The molecule has 1 aliphatic rings. The van der Waals surface area contributed by atoms with E-state index in [0.717, 1.165) is 38.0 Å². The quantitative estimate of drug-likeness (QED) is 0.858. The van der Waals surface area contributed by atoms with Gasteiger partial charge in [0.2, 0.25) is 0 Å². The van der Waals surface area contributed by atoms with E-state index < -0.39 is 0 Å². The Hall–Kier alpha value is -0.980. The number of benzene rings is 1. The maximum Gasteiger partial charge on any atom is 0.107 e. The highest BCUT2D eigenvalue weighted by Gasteiger charge is 2.38. The largest absolute Gasteiger partial charge is 0.299 e. The Morgan fingerprint density at radius 3 is 3.05 bits per heavy atom. The van der Waals surface area contributed by atoms with Crippen molar-refractivity contribution in [2.24, 2.45) is 0 Å². The molecule has 1 fully saturated rings. The van der Waals surface area contributed by atoms with Crippen LogP contribution in [-0.4, -0.2) is 17.3 Å². The Labute approximate surface area is 127 Å². The lowest BCUT2D eigenvalue weighted by atomic mass is 10.00. The summed E-state index contributed by atoms with van der Waals surface area (Å²) in [6.07, 6.45) is 4.22. The number of nitrogens with one attached hydrogen (secondary N) is 1. The summed E-state index contributed by atoms with van der Waals surface area (Å²) in [6.45, 7) is 5.24. The molecule has 2 rings (SSSR count). The van der Waals surface area contributed by atoms with E-state index in [1.807, 2.05) is 11.8 Å². The van der Waals surface area contributed by atoms with Gasteiger partial charge in [0.05, 0.1) is 6.07 Å². The molecule has 1 aliphatic carbocycles. The highest BCUT2D eigenvalue weighted by Crippen LogP contribution is 2.38. The summed E-state index contributed by atoms with van der Waals surface area (Å²) in [5, 5.41) is 13.5. The normalized spacial score (nSPS) is 25.6. The van der Waals surface area contributed by atoms with E-state index >= 15 is 0 Å². The van der Waals surface area contributed by atoms with Crippen molar-refractivity contribution in [3.8, 4) is 6.07 Å². The molecule has 0 aliphatic heterocycles. The summed E-state index contributed by atoms with van der Waals surface area (Å²) in [4.78, 5) is 0. The van der Waals surface area contributed by atoms with Gasteiger partial charge in [0.1, 0.15) is 5.54 Å². The molecule has 2 unspecified atom stereocenters. The molecule has 0 radical (unpaired) electrons. The molecule has 2 nitrogen and oxygen atoms in total. The second-order valence-electron chi connectivity index (χ2n) is 5.79. The van der Waals surface area contributed by atoms with Crippen LogP contribution >= 0.6 is 11.8 Å². The number of nitrogens with zero attached hydrogens (tertiary/aromatic N) is 1. The van der Waals surface area contributed by atoms with E-state index in [1.165, 1.54) is 11.1 Å². The Morgan fingerprint density at radius 1 is 1.50 bits per heavy atom. The fraction of sp³-hybridized carbons (Fsp3) is 0.588. The standard InChI is InChI=1S/C17H24N2S/c1-3-9-19-17(13-18)8-7-16(11-17)20-12-15-6-4-5-14(2)10-15/h4-6,10,16,19H,3,7-9,11-12H2,1-2H3. The number of rotatable bonds is 6. The van der Waals surface area contributed by atoms with Crippen molar-refractivity contribution < 1.29 is 0 Å². The van der Waals surface area contributed by atoms with Crippen molar-refractivity contribution in [3.63, 3.8) is 0 Å². The maximum absolute atomic E-state index is 9.46. The fourth-order valence-electron chi connectivity index (χ4n) is 2.82. The van der Waals surface area contributed by atoms with Gasteiger partial charge in [-0.2, -0.15) is 17.0 Å². The third-order valence-corrected chi connectivity index (χ3v) is 5.34. The lowest BCUT2D eigenvalue weighted by Gasteiger charge is -2.22. The van der Waals surface area contributed by atoms with E-state index in [-0.39, 0.29) is 5.54 Å². The SMILES string of the molecule is CCCNC1(C#N)CCC(SCc2cccc(C)c2)C1. The van der Waals surface area contributed by atoms with Crippen LogP contribution in [0.1, 0.15) is 43.7 Å². The van der Waals surface area contributed by atoms with Crippen LogP contribution in [0.5, 0.6) is 0 Å². The molecule has 0 amide bonds. The zero-order valence-corrected chi connectivity index (χ0v) is 13.3. The molecule has 1 aromatic carbocycles. The average Bonchev–Trinajstić information content (AvgIpc) is 2.87. The number of thioether (sulfide) groups is 1. The summed E-state index contributed by atoms with van der Waals surface area (Å²) in [5.41, 5.74) is 2.46. The summed E-state index contributed by atoms with van der Waals surface area (Å²) < 4.78 is 0. The minimum absolute atomic E-state index is 0.264. The smallest absolute Gasteiger partial charge is 0.107 e. The van der Waals surface area contributed by atoms with Crippen LogP contribution in [0.2, 0.25) is 0 Å². The summed E-state index contributed by atoms with van der Waals surface area (Å²) in [7, 11) is 0. The number of hydrogen-bond acceptors (Lipinski definition) is 3. The minimum Gasteiger partial charge on any atom is -0.299 e. The minimum atomic E-state index is -0.264. The molecule has 0 saturated heterocycles. The van der Waals surface area contributed by atoms with Gasteiger partial charge in [0.25, 0.3) is 0 Å². The molecule has 0 spiro atoms. The molecule has 108 valence electrons. The zero-order chi connectivity index (χ0) is 14.4. The fourth-order valence-corrected chi connectivity index (χ4v) is 4.12. The maximum atomic E-state index is 9.46. The van der Waals surface area contributed by atoms with Crippen LogP contribution in [0.15, 0.2) is 24.3 Å². The Balaban J connectivity index is 1.85. The summed E-state index contributed by atoms with van der Waals surface area (Å²) in [6, 6.07) is 11.2. The van der Waals surface area contributed by atoms with Gasteiger partial charge in [-0.1, -0.05) is 36.8 Å². The lowest BCUT2D eigenvalue weighted by Crippen LogP contribution is -2.42. The van der Waals surface area contributed by atoms with Crippen LogP contribution in [-0.2, 0) is 5.75 Å². The van der Waals surface area contributed by atoms with Gasteiger partial charge in [-0.05, 0) is 44.7 Å². The molecule has 0 aromatic heterocycles. The first-order valence-electron chi connectivity index (χ1n) is 7.51. The van der Waals surface area contributed by atoms with Gasteiger partial charge in [-0.15, -0.1) is 0 Å². The second kappa shape index (κ2) is 7.15. The van der Waals surface area contributed by atoms with E-state index in [1.54, 1.807) is 0 Å². The van der Waals surface area contributed by atoms with Crippen molar-refractivity contribution in [1.82, 2.24) is 5.32 Å². The van der Waals surface area contributed by atoms with Gasteiger partial charge < -0.3 is 0 Å². The first-order valence-corrected chi connectivity index (χ1v) is 8.56. The predicted molar refractivity (Wildman–Crippen MR) is 86.8 cm³/mol. The third-order valence-electron chi connectivity index (χ3n) is 3.96. The highest BCUT2D eigenvalue weighted by atomic mass is 32.2. The van der Waals surface area contributed by atoms with Crippen LogP contribution in [0.3, 0.4) is 0 Å². The van der Waals surface area contributed by atoms with Gasteiger partial charge >= 0.3 is 0 Å². The van der Waals surface area contributed by atoms with Crippen molar-refractivity contribution in [2.75, 3.05) is 6.54 Å². The summed E-state index contributed by atoms with van der Waals surface area (Å²) in [5.74, 6) is 1.06. The Bertz CT molecular complexity index is 480. The van der Waals surface area contributed by atoms with Gasteiger partial charge in [0.15, 0.2) is 0 Å². The molecule has 0 heterocycles. The van der Waals surface area contributed by atoms with Crippen molar-refractivity contribution in [1.29, 1.82) is 5.26 Å².